The molecule has 0 fully saturated rings. The summed E-state index contributed by atoms with van der Waals surface area (Å²) in [6, 6.07) is 5.50. The van der Waals surface area contributed by atoms with Gasteiger partial charge in [0.1, 0.15) is 0 Å². The third-order valence-electron chi connectivity index (χ3n) is 2.24. The summed E-state index contributed by atoms with van der Waals surface area (Å²) in [5, 5.41) is 10.1. The number of carboxylic acids is 1. The normalized spacial score (nSPS) is 11.6. The molecular formula is C12H12BrClO2. The number of hydrogen-bond acceptors (Lipinski definition) is 1. The third kappa shape index (κ3) is 3.35. The summed E-state index contributed by atoms with van der Waals surface area (Å²) in [4.78, 5) is 10.7. The molecule has 0 saturated heterocycles. The molecule has 1 rings (SSSR count). The Labute approximate surface area is 108 Å². The second-order valence-corrected chi connectivity index (χ2v) is 4.29. The Balaban J connectivity index is 3.28. The second kappa shape index (κ2) is 6.06. The standard InChI is InChI=1S/C12H12BrClO2/c1-2-8(5-12(15)16)11-6-10(14)4-3-9(11)7-13/h3-6H,2,7H2,1H3,(H,15,16)/b8-5+. The van der Waals surface area contributed by atoms with Crippen LogP contribution < -0.4 is 0 Å². The van der Waals surface area contributed by atoms with Gasteiger partial charge in [-0.3, -0.25) is 0 Å². The minimum atomic E-state index is -0.933. The first kappa shape index (κ1) is 13.3. The molecule has 1 N–H and O–H groups in total. The average molecular weight is 304 g/mol. The molecule has 4 heteroatoms. The van der Waals surface area contributed by atoms with Gasteiger partial charge in [0, 0.05) is 16.4 Å². The first-order valence-electron chi connectivity index (χ1n) is 4.86. The van der Waals surface area contributed by atoms with E-state index in [0.29, 0.717) is 16.8 Å². The van der Waals surface area contributed by atoms with E-state index in [1.807, 2.05) is 13.0 Å². The van der Waals surface area contributed by atoms with Crippen LogP contribution in [0.15, 0.2) is 24.3 Å². The van der Waals surface area contributed by atoms with Crippen molar-refractivity contribution in [1.82, 2.24) is 0 Å². The Hall–Kier alpha value is -0.800. The number of rotatable bonds is 4. The van der Waals surface area contributed by atoms with Crippen molar-refractivity contribution >= 4 is 39.1 Å². The molecule has 0 heterocycles. The van der Waals surface area contributed by atoms with Gasteiger partial charge in [-0.25, -0.2) is 4.79 Å². The van der Waals surface area contributed by atoms with Gasteiger partial charge in [-0.15, -0.1) is 0 Å². The molecule has 16 heavy (non-hydrogen) atoms. The summed E-state index contributed by atoms with van der Waals surface area (Å²) in [5.41, 5.74) is 2.72. The van der Waals surface area contributed by atoms with E-state index in [0.717, 1.165) is 16.7 Å². The fraction of sp³-hybridized carbons (Fsp3) is 0.250. The molecular weight excluding hydrogens is 291 g/mol. The van der Waals surface area contributed by atoms with E-state index in [1.165, 1.54) is 6.08 Å². The highest BCUT2D eigenvalue weighted by atomic mass is 79.9. The number of alkyl halides is 1. The number of hydrogen-bond donors (Lipinski definition) is 1. The Bertz CT molecular complexity index is 427. The van der Waals surface area contributed by atoms with E-state index >= 15 is 0 Å². The van der Waals surface area contributed by atoms with Crippen molar-refractivity contribution in [3.8, 4) is 0 Å². The molecule has 0 aliphatic heterocycles. The highest BCUT2D eigenvalue weighted by Gasteiger charge is 2.08. The maximum atomic E-state index is 10.7. The van der Waals surface area contributed by atoms with E-state index in [2.05, 4.69) is 15.9 Å². The molecule has 0 saturated carbocycles. The van der Waals surface area contributed by atoms with Crippen molar-refractivity contribution in [2.45, 2.75) is 18.7 Å². The summed E-state index contributed by atoms with van der Waals surface area (Å²) in [6.07, 6.45) is 1.89. The zero-order valence-corrected chi connectivity index (χ0v) is 11.2. The number of aliphatic carboxylic acids is 1. The summed E-state index contributed by atoms with van der Waals surface area (Å²) in [6.45, 7) is 1.92. The van der Waals surface area contributed by atoms with Crippen LogP contribution in [0.3, 0.4) is 0 Å². The SMILES string of the molecule is CC/C(=C\C(=O)O)c1cc(Cl)ccc1CBr. The molecule has 0 amide bonds. The lowest BCUT2D eigenvalue weighted by Crippen LogP contribution is -1.95. The van der Waals surface area contributed by atoms with Crippen molar-refractivity contribution in [2.75, 3.05) is 0 Å². The van der Waals surface area contributed by atoms with Crippen molar-refractivity contribution < 1.29 is 9.90 Å². The summed E-state index contributed by atoms with van der Waals surface area (Å²) in [5.74, 6) is -0.933. The van der Waals surface area contributed by atoms with Crippen LogP contribution in [-0.2, 0) is 10.1 Å². The maximum absolute atomic E-state index is 10.7. The topological polar surface area (TPSA) is 37.3 Å². The van der Waals surface area contributed by atoms with E-state index < -0.39 is 5.97 Å². The zero-order chi connectivity index (χ0) is 12.1. The molecule has 0 aromatic heterocycles. The van der Waals surface area contributed by atoms with Crippen molar-refractivity contribution in [3.05, 3.63) is 40.4 Å². The minimum absolute atomic E-state index is 0.615. The lowest BCUT2D eigenvalue weighted by atomic mass is 9.98. The minimum Gasteiger partial charge on any atom is -0.478 e. The lowest BCUT2D eigenvalue weighted by Gasteiger charge is -2.10. The van der Waals surface area contributed by atoms with Gasteiger partial charge in [-0.1, -0.05) is 40.5 Å². The first-order valence-corrected chi connectivity index (χ1v) is 6.36. The van der Waals surface area contributed by atoms with Crippen LogP contribution in [0.2, 0.25) is 5.02 Å². The number of carbonyl (C=O) groups is 1. The van der Waals surface area contributed by atoms with Gasteiger partial charge in [0.2, 0.25) is 0 Å². The predicted octanol–water partition coefficient (Wildman–Crippen LogP) is 4.11. The molecule has 86 valence electrons. The zero-order valence-electron chi connectivity index (χ0n) is 8.84. The highest BCUT2D eigenvalue weighted by molar-refractivity contribution is 9.08. The molecule has 0 unspecified atom stereocenters. The Morgan fingerprint density at radius 1 is 1.56 bits per heavy atom. The Morgan fingerprint density at radius 2 is 2.25 bits per heavy atom. The van der Waals surface area contributed by atoms with Crippen LogP contribution >= 0.6 is 27.5 Å². The summed E-state index contributed by atoms with van der Waals surface area (Å²) >= 11 is 9.30. The van der Waals surface area contributed by atoms with Gasteiger partial charge in [0.05, 0.1) is 0 Å². The van der Waals surface area contributed by atoms with E-state index in [4.69, 9.17) is 16.7 Å². The number of allylic oxidation sites excluding steroid dienone is 1. The molecule has 0 aliphatic carbocycles. The third-order valence-corrected chi connectivity index (χ3v) is 3.08. The van der Waals surface area contributed by atoms with Crippen LogP contribution in [0.25, 0.3) is 5.57 Å². The van der Waals surface area contributed by atoms with Gasteiger partial charge < -0.3 is 5.11 Å². The smallest absolute Gasteiger partial charge is 0.328 e. The van der Waals surface area contributed by atoms with E-state index in [1.54, 1.807) is 12.1 Å². The van der Waals surface area contributed by atoms with Crippen LogP contribution in [0.5, 0.6) is 0 Å². The fourth-order valence-electron chi connectivity index (χ4n) is 1.48. The largest absolute Gasteiger partial charge is 0.478 e. The lowest BCUT2D eigenvalue weighted by molar-refractivity contribution is -0.131. The summed E-state index contributed by atoms with van der Waals surface area (Å²) in [7, 11) is 0. The molecule has 0 radical (unpaired) electrons. The van der Waals surface area contributed by atoms with Crippen LogP contribution in [0.1, 0.15) is 24.5 Å². The van der Waals surface area contributed by atoms with Gasteiger partial charge >= 0.3 is 5.97 Å². The maximum Gasteiger partial charge on any atom is 0.328 e. The van der Waals surface area contributed by atoms with Gasteiger partial charge in [0.25, 0.3) is 0 Å². The first-order chi connectivity index (χ1) is 7.58. The number of benzene rings is 1. The molecule has 0 atom stereocenters. The number of halogens is 2. The molecule has 1 aromatic rings. The Kier molecular flexibility index (Phi) is 5.03. The van der Waals surface area contributed by atoms with Crippen molar-refractivity contribution in [2.24, 2.45) is 0 Å². The van der Waals surface area contributed by atoms with E-state index in [9.17, 15) is 4.79 Å². The molecule has 1 aromatic carbocycles. The van der Waals surface area contributed by atoms with Crippen LogP contribution in [0.4, 0.5) is 0 Å². The van der Waals surface area contributed by atoms with Crippen molar-refractivity contribution in [3.63, 3.8) is 0 Å². The highest BCUT2D eigenvalue weighted by Crippen LogP contribution is 2.27. The Morgan fingerprint density at radius 3 is 2.75 bits per heavy atom. The molecule has 0 aliphatic rings. The van der Waals surface area contributed by atoms with Gasteiger partial charge in [0.15, 0.2) is 0 Å². The quantitative estimate of drug-likeness (QED) is 0.671. The fourth-order valence-corrected chi connectivity index (χ4v) is 2.14. The average Bonchev–Trinajstić information content (AvgIpc) is 2.25. The van der Waals surface area contributed by atoms with Gasteiger partial charge in [-0.05, 0) is 35.3 Å². The predicted molar refractivity (Wildman–Crippen MR) is 70.0 cm³/mol. The van der Waals surface area contributed by atoms with Crippen molar-refractivity contribution in [1.29, 1.82) is 0 Å². The van der Waals surface area contributed by atoms with Crippen LogP contribution in [0, 0.1) is 0 Å². The second-order valence-electron chi connectivity index (χ2n) is 3.30. The van der Waals surface area contributed by atoms with E-state index in [-0.39, 0.29) is 0 Å². The molecule has 0 spiro atoms. The summed E-state index contributed by atoms with van der Waals surface area (Å²) < 4.78 is 0. The molecule has 0 bridgehead atoms. The van der Waals surface area contributed by atoms with Gasteiger partial charge in [-0.2, -0.15) is 0 Å². The molecule has 2 nitrogen and oxygen atoms in total. The number of carboxylic acid groups (broad SMARTS) is 1. The van der Waals surface area contributed by atoms with Crippen LogP contribution in [-0.4, -0.2) is 11.1 Å². The monoisotopic (exact) mass is 302 g/mol.